The number of hydrogen-bond donors (Lipinski definition) is 1. The number of halogens is 1. The molecule has 0 aromatic heterocycles. The second kappa shape index (κ2) is 6.34. The summed E-state index contributed by atoms with van der Waals surface area (Å²) >= 11 is 0. The van der Waals surface area contributed by atoms with Crippen molar-refractivity contribution >= 4 is 33.6 Å². The van der Waals surface area contributed by atoms with Crippen LogP contribution >= 0.6 is 0 Å². The Kier molecular flexibility index (Phi) is 4.21. The highest BCUT2D eigenvalue weighted by Crippen LogP contribution is 2.29. The number of carbonyl (C=O) groups excluding carboxylic acids is 1. The second-order valence-electron chi connectivity index (χ2n) is 5.28. The predicted molar refractivity (Wildman–Crippen MR) is 91.3 cm³/mol. The van der Waals surface area contributed by atoms with Gasteiger partial charge in [-0.3, -0.25) is 4.79 Å². The van der Waals surface area contributed by atoms with Gasteiger partial charge >= 0.3 is 0 Å². The average molecular weight is 354 g/mol. The lowest BCUT2D eigenvalue weighted by Gasteiger charge is -2.07. The van der Waals surface area contributed by atoms with Gasteiger partial charge in [0.05, 0.1) is 4.90 Å². The van der Waals surface area contributed by atoms with Crippen molar-refractivity contribution in [3.8, 4) is 6.07 Å². The third-order valence-electron chi connectivity index (χ3n) is 3.53. The van der Waals surface area contributed by atoms with Crippen LogP contribution in [0.5, 0.6) is 0 Å². The van der Waals surface area contributed by atoms with Crippen LogP contribution in [0.25, 0.3) is 12.2 Å². The van der Waals surface area contributed by atoms with Gasteiger partial charge in [0.25, 0.3) is 5.91 Å². The molecule has 2 aromatic carbocycles. The molecule has 1 N–H and O–H groups in total. The molecular formula is C18H11FN2O3S. The van der Waals surface area contributed by atoms with Crippen LogP contribution in [0.4, 0.5) is 10.1 Å². The van der Waals surface area contributed by atoms with Crippen LogP contribution in [0.2, 0.25) is 0 Å². The Morgan fingerprint density at radius 1 is 1.20 bits per heavy atom. The van der Waals surface area contributed by atoms with Crippen molar-refractivity contribution in [2.45, 2.75) is 4.90 Å². The van der Waals surface area contributed by atoms with Crippen LogP contribution in [0, 0.1) is 17.1 Å². The van der Waals surface area contributed by atoms with E-state index in [1.54, 1.807) is 24.3 Å². The lowest BCUT2D eigenvalue weighted by molar-refractivity contribution is -0.112. The fourth-order valence-electron chi connectivity index (χ4n) is 2.34. The Morgan fingerprint density at radius 2 is 2.00 bits per heavy atom. The summed E-state index contributed by atoms with van der Waals surface area (Å²) < 4.78 is 36.9. The molecule has 7 heteroatoms. The van der Waals surface area contributed by atoms with Crippen LogP contribution < -0.4 is 5.32 Å². The number of hydrogen-bond acceptors (Lipinski definition) is 4. The number of amides is 1. The number of rotatable bonds is 3. The van der Waals surface area contributed by atoms with Gasteiger partial charge < -0.3 is 5.32 Å². The van der Waals surface area contributed by atoms with E-state index in [0.717, 1.165) is 5.41 Å². The van der Waals surface area contributed by atoms with Gasteiger partial charge in [0.15, 0.2) is 0 Å². The van der Waals surface area contributed by atoms with Crippen LogP contribution in [0.1, 0.15) is 11.1 Å². The first-order chi connectivity index (χ1) is 11.9. The molecular weight excluding hydrogens is 343 g/mol. The van der Waals surface area contributed by atoms with E-state index in [1.807, 2.05) is 0 Å². The van der Waals surface area contributed by atoms with Gasteiger partial charge in [0.1, 0.15) is 17.5 Å². The molecule has 25 heavy (non-hydrogen) atoms. The molecule has 0 radical (unpaired) electrons. The van der Waals surface area contributed by atoms with E-state index in [-0.39, 0.29) is 16.2 Å². The van der Waals surface area contributed by atoms with Crippen molar-refractivity contribution in [1.29, 1.82) is 5.26 Å². The molecule has 0 bridgehead atoms. The summed E-state index contributed by atoms with van der Waals surface area (Å²) in [6, 6.07) is 11.7. The first-order valence-corrected chi connectivity index (χ1v) is 8.69. The quantitative estimate of drug-likeness (QED) is 0.678. The summed E-state index contributed by atoms with van der Waals surface area (Å²) in [5, 5.41) is 12.7. The number of nitriles is 1. The molecule has 124 valence electrons. The van der Waals surface area contributed by atoms with Gasteiger partial charge in [-0.05, 0) is 47.5 Å². The van der Waals surface area contributed by atoms with Crippen molar-refractivity contribution in [3.63, 3.8) is 0 Å². The smallest absolute Gasteiger partial charge is 0.266 e. The third kappa shape index (κ3) is 3.49. The largest absolute Gasteiger partial charge is 0.321 e. The standard InChI is InChI=1S/C18H11FN2O3S/c19-15-3-1-2-12(9-15)8-14(11-20)18(22)21-16-5-4-13-6-7-25(23,24)17(13)10-16/h1-10H,(H,21,22)/b14-8+. The Balaban J connectivity index is 1.86. The number of fused-ring (bicyclic) bond motifs is 1. The minimum Gasteiger partial charge on any atom is -0.321 e. The number of nitrogens with one attached hydrogen (secondary N) is 1. The molecule has 0 fully saturated rings. The van der Waals surface area contributed by atoms with Crippen LogP contribution in [-0.2, 0) is 14.6 Å². The molecule has 1 aliphatic heterocycles. The van der Waals surface area contributed by atoms with Crippen molar-refractivity contribution in [2.75, 3.05) is 5.32 Å². The maximum absolute atomic E-state index is 13.2. The second-order valence-corrected chi connectivity index (χ2v) is 7.08. The molecule has 3 rings (SSSR count). The minimum atomic E-state index is -3.50. The topological polar surface area (TPSA) is 87.0 Å². The molecule has 0 unspecified atom stereocenters. The molecule has 0 saturated heterocycles. The van der Waals surface area contributed by atoms with Crippen molar-refractivity contribution in [1.82, 2.24) is 0 Å². The predicted octanol–water partition coefficient (Wildman–Crippen LogP) is 3.13. The lowest BCUT2D eigenvalue weighted by Crippen LogP contribution is -2.13. The summed E-state index contributed by atoms with van der Waals surface area (Å²) in [5.74, 6) is -1.20. The normalized spacial score (nSPS) is 14.6. The zero-order valence-corrected chi connectivity index (χ0v) is 13.5. The molecule has 1 aliphatic rings. The maximum Gasteiger partial charge on any atom is 0.266 e. The zero-order valence-electron chi connectivity index (χ0n) is 12.7. The highest BCUT2D eigenvalue weighted by molar-refractivity contribution is 7.94. The van der Waals surface area contributed by atoms with Gasteiger partial charge in [0.2, 0.25) is 9.84 Å². The van der Waals surface area contributed by atoms with Gasteiger partial charge in [-0.1, -0.05) is 18.2 Å². The Hall–Kier alpha value is -3.24. The lowest BCUT2D eigenvalue weighted by atomic mass is 10.1. The number of sulfone groups is 1. The van der Waals surface area contributed by atoms with E-state index < -0.39 is 21.6 Å². The summed E-state index contributed by atoms with van der Waals surface area (Å²) in [6.07, 6.45) is 2.73. The highest BCUT2D eigenvalue weighted by atomic mass is 32.2. The van der Waals surface area contributed by atoms with Crippen LogP contribution in [0.3, 0.4) is 0 Å². The minimum absolute atomic E-state index is 0.0953. The van der Waals surface area contributed by atoms with Crippen LogP contribution in [-0.4, -0.2) is 14.3 Å². The Bertz CT molecular complexity index is 1080. The molecule has 1 heterocycles. The first-order valence-electron chi connectivity index (χ1n) is 7.15. The van der Waals surface area contributed by atoms with Gasteiger partial charge in [-0.25, -0.2) is 12.8 Å². The van der Waals surface area contributed by atoms with Gasteiger partial charge in [-0.15, -0.1) is 0 Å². The fourth-order valence-corrected chi connectivity index (χ4v) is 3.57. The Morgan fingerprint density at radius 3 is 2.72 bits per heavy atom. The van der Waals surface area contributed by atoms with Crippen molar-refractivity contribution in [2.24, 2.45) is 0 Å². The van der Waals surface area contributed by atoms with Crippen molar-refractivity contribution in [3.05, 3.63) is 70.4 Å². The average Bonchev–Trinajstić information content (AvgIpc) is 2.87. The monoisotopic (exact) mass is 354 g/mol. The first kappa shape index (κ1) is 16.6. The SMILES string of the molecule is N#C/C(=C\c1cccc(F)c1)C(=O)Nc1ccc2c(c1)S(=O)(=O)C=C2. The molecule has 1 amide bonds. The summed E-state index contributed by atoms with van der Waals surface area (Å²) in [6.45, 7) is 0. The fraction of sp³-hybridized carbons (Fsp3) is 0. The van der Waals surface area contributed by atoms with E-state index in [4.69, 9.17) is 5.26 Å². The van der Waals surface area contributed by atoms with Crippen LogP contribution in [0.15, 0.2) is 58.3 Å². The highest BCUT2D eigenvalue weighted by Gasteiger charge is 2.21. The summed E-state index contributed by atoms with van der Waals surface area (Å²) in [4.78, 5) is 12.3. The molecule has 0 saturated carbocycles. The van der Waals surface area contributed by atoms with E-state index in [1.165, 1.54) is 36.4 Å². The van der Waals surface area contributed by atoms with Gasteiger partial charge in [-0.2, -0.15) is 5.26 Å². The van der Waals surface area contributed by atoms with E-state index in [2.05, 4.69) is 5.32 Å². The van der Waals surface area contributed by atoms with E-state index >= 15 is 0 Å². The third-order valence-corrected chi connectivity index (χ3v) is 4.99. The molecule has 0 atom stereocenters. The number of carbonyl (C=O) groups is 1. The summed E-state index contributed by atoms with van der Waals surface area (Å²) in [7, 11) is -3.50. The maximum atomic E-state index is 13.2. The van der Waals surface area contributed by atoms with E-state index in [9.17, 15) is 17.6 Å². The van der Waals surface area contributed by atoms with Crippen molar-refractivity contribution < 1.29 is 17.6 Å². The number of anilines is 1. The van der Waals surface area contributed by atoms with Gasteiger partial charge in [0, 0.05) is 11.1 Å². The molecule has 5 nitrogen and oxygen atoms in total. The zero-order chi connectivity index (χ0) is 18.0. The molecule has 0 spiro atoms. The number of nitrogens with zero attached hydrogens (tertiary/aromatic N) is 1. The molecule has 0 aliphatic carbocycles. The molecule has 2 aromatic rings. The van der Waals surface area contributed by atoms with E-state index in [0.29, 0.717) is 11.1 Å². The summed E-state index contributed by atoms with van der Waals surface area (Å²) in [5.41, 5.74) is 0.921. The number of benzene rings is 2. The Labute approximate surface area is 143 Å².